The lowest BCUT2D eigenvalue weighted by Gasteiger charge is -2.05. The SMILES string of the molecule is Nc1ccccc1OCc1nc2ccccc2o1. The number of benzene rings is 2. The van der Waals surface area contributed by atoms with Gasteiger partial charge in [-0.05, 0) is 24.3 Å². The molecule has 0 aliphatic rings. The number of oxazole rings is 1. The number of nitrogens with two attached hydrogens (primary N) is 1. The minimum Gasteiger partial charge on any atom is -0.482 e. The lowest BCUT2D eigenvalue weighted by atomic mass is 10.3. The van der Waals surface area contributed by atoms with Gasteiger partial charge >= 0.3 is 0 Å². The summed E-state index contributed by atoms with van der Waals surface area (Å²) in [6.07, 6.45) is 0. The second kappa shape index (κ2) is 4.41. The molecule has 3 aromatic rings. The van der Waals surface area contributed by atoms with Crippen LogP contribution in [-0.2, 0) is 6.61 Å². The number of anilines is 1. The first kappa shape index (κ1) is 10.7. The molecule has 0 fully saturated rings. The number of nitrogen functional groups attached to an aromatic ring is 1. The Labute approximate surface area is 104 Å². The molecule has 0 saturated carbocycles. The lowest BCUT2D eigenvalue weighted by Crippen LogP contribution is -1.98. The fourth-order valence-electron chi connectivity index (χ4n) is 1.73. The van der Waals surface area contributed by atoms with Crippen molar-refractivity contribution in [1.82, 2.24) is 4.98 Å². The van der Waals surface area contributed by atoms with Crippen LogP contribution in [0.25, 0.3) is 11.1 Å². The Kier molecular flexibility index (Phi) is 2.61. The highest BCUT2D eigenvalue weighted by Crippen LogP contribution is 2.22. The van der Waals surface area contributed by atoms with Gasteiger partial charge in [0.05, 0.1) is 5.69 Å². The van der Waals surface area contributed by atoms with Crippen LogP contribution in [-0.4, -0.2) is 4.98 Å². The van der Waals surface area contributed by atoms with Gasteiger partial charge in [0.15, 0.2) is 12.2 Å². The molecule has 0 unspecified atom stereocenters. The summed E-state index contributed by atoms with van der Waals surface area (Å²) in [7, 11) is 0. The van der Waals surface area contributed by atoms with Crippen LogP contribution < -0.4 is 10.5 Å². The maximum Gasteiger partial charge on any atom is 0.233 e. The Morgan fingerprint density at radius 3 is 2.67 bits per heavy atom. The van der Waals surface area contributed by atoms with E-state index in [-0.39, 0.29) is 6.61 Å². The van der Waals surface area contributed by atoms with E-state index in [4.69, 9.17) is 14.9 Å². The van der Waals surface area contributed by atoms with E-state index >= 15 is 0 Å². The van der Waals surface area contributed by atoms with Crippen molar-refractivity contribution in [1.29, 1.82) is 0 Å². The van der Waals surface area contributed by atoms with Crippen molar-refractivity contribution in [2.75, 3.05) is 5.73 Å². The van der Waals surface area contributed by atoms with Crippen molar-refractivity contribution < 1.29 is 9.15 Å². The largest absolute Gasteiger partial charge is 0.482 e. The fraction of sp³-hybridized carbons (Fsp3) is 0.0714. The Morgan fingerprint density at radius 2 is 1.83 bits per heavy atom. The normalized spacial score (nSPS) is 10.7. The molecule has 0 saturated heterocycles. The van der Waals surface area contributed by atoms with Gasteiger partial charge in [-0.3, -0.25) is 0 Å². The summed E-state index contributed by atoms with van der Waals surface area (Å²) in [5.41, 5.74) is 7.98. The fourth-order valence-corrected chi connectivity index (χ4v) is 1.73. The molecule has 2 N–H and O–H groups in total. The summed E-state index contributed by atoms with van der Waals surface area (Å²) in [5.74, 6) is 1.18. The third kappa shape index (κ3) is 2.00. The standard InChI is InChI=1S/C14H12N2O2/c15-10-5-1-3-7-12(10)17-9-14-16-11-6-2-4-8-13(11)18-14/h1-8H,9,15H2. The van der Waals surface area contributed by atoms with Crippen LogP contribution in [0.3, 0.4) is 0 Å². The summed E-state index contributed by atoms with van der Waals surface area (Å²) in [6.45, 7) is 0.267. The Morgan fingerprint density at radius 1 is 1.06 bits per heavy atom. The second-order valence-electron chi connectivity index (χ2n) is 3.90. The number of nitrogens with zero attached hydrogens (tertiary/aromatic N) is 1. The van der Waals surface area contributed by atoms with Crippen LogP contribution in [0, 0.1) is 0 Å². The van der Waals surface area contributed by atoms with Gasteiger partial charge in [-0.1, -0.05) is 24.3 Å². The molecule has 0 radical (unpaired) electrons. The molecular weight excluding hydrogens is 228 g/mol. The molecule has 0 atom stereocenters. The average Bonchev–Trinajstić information content (AvgIpc) is 2.80. The second-order valence-corrected chi connectivity index (χ2v) is 3.90. The molecule has 90 valence electrons. The number of hydrogen-bond acceptors (Lipinski definition) is 4. The van der Waals surface area contributed by atoms with Gasteiger partial charge in [-0.15, -0.1) is 0 Å². The predicted octanol–water partition coefficient (Wildman–Crippen LogP) is 2.99. The van der Waals surface area contributed by atoms with Gasteiger partial charge in [-0.25, -0.2) is 4.98 Å². The van der Waals surface area contributed by atoms with Crippen LogP contribution in [0.1, 0.15) is 5.89 Å². The first-order chi connectivity index (χ1) is 8.83. The number of aromatic nitrogens is 1. The molecule has 0 amide bonds. The van der Waals surface area contributed by atoms with Gasteiger partial charge in [0.1, 0.15) is 11.3 Å². The monoisotopic (exact) mass is 240 g/mol. The van der Waals surface area contributed by atoms with Crippen LogP contribution in [0.4, 0.5) is 5.69 Å². The van der Waals surface area contributed by atoms with E-state index in [0.29, 0.717) is 17.3 Å². The molecule has 1 aromatic heterocycles. The van der Waals surface area contributed by atoms with Crippen molar-refractivity contribution in [2.24, 2.45) is 0 Å². The molecule has 4 heteroatoms. The van der Waals surface area contributed by atoms with Crippen LogP contribution in [0.15, 0.2) is 52.9 Å². The number of rotatable bonds is 3. The van der Waals surface area contributed by atoms with Gasteiger partial charge in [0.2, 0.25) is 5.89 Å². The molecule has 1 heterocycles. The van der Waals surface area contributed by atoms with E-state index in [2.05, 4.69) is 4.98 Å². The van der Waals surface area contributed by atoms with Crippen molar-refractivity contribution >= 4 is 16.8 Å². The van der Waals surface area contributed by atoms with E-state index in [1.165, 1.54) is 0 Å². The average molecular weight is 240 g/mol. The van der Waals surface area contributed by atoms with Crippen LogP contribution in [0.5, 0.6) is 5.75 Å². The quantitative estimate of drug-likeness (QED) is 0.715. The predicted molar refractivity (Wildman–Crippen MR) is 69.2 cm³/mol. The van der Waals surface area contributed by atoms with Gasteiger partial charge < -0.3 is 14.9 Å². The first-order valence-corrected chi connectivity index (χ1v) is 5.65. The highest BCUT2D eigenvalue weighted by Gasteiger charge is 2.06. The molecular formula is C14H12N2O2. The third-order valence-corrected chi connectivity index (χ3v) is 2.61. The summed E-state index contributed by atoms with van der Waals surface area (Å²) < 4.78 is 11.1. The number of ether oxygens (including phenoxy) is 1. The van der Waals surface area contributed by atoms with Gasteiger partial charge in [0, 0.05) is 0 Å². The maximum atomic E-state index is 5.78. The molecule has 0 spiro atoms. The number of hydrogen-bond donors (Lipinski definition) is 1. The van der Waals surface area contributed by atoms with E-state index in [0.717, 1.165) is 11.1 Å². The minimum atomic E-state index is 0.267. The summed E-state index contributed by atoms with van der Waals surface area (Å²) in [5, 5.41) is 0. The molecule has 0 aliphatic carbocycles. The maximum absolute atomic E-state index is 5.78. The molecule has 0 aliphatic heterocycles. The van der Waals surface area contributed by atoms with Crippen LogP contribution in [0.2, 0.25) is 0 Å². The zero-order chi connectivity index (χ0) is 12.4. The summed E-state index contributed by atoms with van der Waals surface area (Å²) in [4.78, 5) is 4.32. The van der Waals surface area contributed by atoms with Gasteiger partial charge in [0.25, 0.3) is 0 Å². The zero-order valence-corrected chi connectivity index (χ0v) is 9.67. The smallest absolute Gasteiger partial charge is 0.233 e. The molecule has 18 heavy (non-hydrogen) atoms. The Hall–Kier alpha value is -2.49. The molecule has 3 rings (SSSR count). The first-order valence-electron chi connectivity index (χ1n) is 5.65. The third-order valence-electron chi connectivity index (χ3n) is 2.61. The van der Waals surface area contributed by atoms with E-state index in [1.54, 1.807) is 6.07 Å². The van der Waals surface area contributed by atoms with E-state index in [1.807, 2.05) is 42.5 Å². The Balaban J connectivity index is 1.79. The minimum absolute atomic E-state index is 0.267. The summed E-state index contributed by atoms with van der Waals surface area (Å²) in [6, 6.07) is 15.0. The van der Waals surface area contributed by atoms with E-state index < -0.39 is 0 Å². The highest BCUT2D eigenvalue weighted by atomic mass is 16.5. The summed E-state index contributed by atoms with van der Waals surface area (Å²) >= 11 is 0. The molecule has 4 nitrogen and oxygen atoms in total. The van der Waals surface area contributed by atoms with Crippen molar-refractivity contribution in [3.05, 3.63) is 54.4 Å². The van der Waals surface area contributed by atoms with E-state index in [9.17, 15) is 0 Å². The molecule has 0 bridgehead atoms. The molecule has 2 aromatic carbocycles. The number of fused-ring (bicyclic) bond motifs is 1. The highest BCUT2D eigenvalue weighted by molar-refractivity contribution is 5.72. The van der Waals surface area contributed by atoms with Crippen molar-refractivity contribution in [3.63, 3.8) is 0 Å². The van der Waals surface area contributed by atoms with Crippen molar-refractivity contribution in [3.8, 4) is 5.75 Å². The Bertz CT molecular complexity index is 643. The van der Waals surface area contributed by atoms with Crippen molar-refractivity contribution in [2.45, 2.75) is 6.61 Å². The van der Waals surface area contributed by atoms with Gasteiger partial charge in [-0.2, -0.15) is 0 Å². The lowest BCUT2D eigenvalue weighted by molar-refractivity contribution is 0.268. The topological polar surface area (TPSA) is 61.3 Å². The van der Waals surface area contributed by atoms with Crippen LogP contribution >= 0.6 is 0 Å². The zero-order valence-electron chi connectivity index (χ0n) is 9.67. The number of para-hydroxylation sites is 4.